The molecule has 112 valence electrons. The number of hydrogen-bond acceptors (Lipinski definition) is 7. The molecule has 0 aliphatic rings. The first kappa shape index (κ1) is 15.0. The van der Waals surface area contributed by atoms with Crippen LogP contribution in [0.25, 0.3) is 0 Å². The third-order valence-corrected chi connectivity index (χ3v) is 2.72. The normalized spacial score (nSPS) is 10.5. The highest BCUT2D eigenvalue weighted by Gasteiger charge is 2.08. The number of rotatable bonds is 5. The summed E-state index contributed by atoms with van der Waals surface area (Å²) in [6.07, 6.45) is 0. The van der Waals surface area contributed by atoms with Gasteiger partial charge in [-0.3, -0.25) is 4.79 Å². The maximum absolute atomic E-state index is 11.0. The van der Waals surface area contributed by atoms with E-state index in [1.807, 2.05) is 0 Å². The fourth-order valence-electron chi connectivity index (χ4n) is 1.65. The highest BCUT2D eigenvalue weighted by molar-refractivity contribution is 5.94. The molecule has 0 spiro atoms. The number of aromatic carboxylic acids is 1. The number of nitrogen functional groups attached to an aromatic ring is 2. The van der Waals surface area contributed by atoms with Gasteiger partial charge in [0.2, 0.25) is 0 Å². The second kappa shape index (κ2) is 6.35. The molecule has 0 aromatic heterocycles. The smallest absolute Gasteiger partial charge is 0.337 e. The minimum absolute atomic E-state index is 0.0567. The van der Waals surface area contributed by atoms with Gasteiger partial charge in [-0.15, -0.1) is 0 Å². The summed E-state index contributed by atoms with van der Waals surface area (Å²) in [7, 11) is 0. The maximum atomic E-state index is 11.0. The summed E-state index contributed by atoms with van der Waals surface area (Å²) in [6, 6.07) is 8.79. The van der Waals surface area contributed by atoms with Crippen molar-refractivity contribution in [2.45, 2.75) is 0 Å². The predicted octanol–water partition coefficient (Wildman–Crippen LogP) is 2.50. The van der Waals surface area contributed by atoms with E-state index in [1.165, 1.54) is 30.3 Å². The number of carbonyl (C=O) groups excluding carboxylic acids is 1. The van der Waals surface area contributed by atoms with Crippen molar-refractivity contribution in [2.75, 3.05) is 11.5 Å². The largest absolute Gasteiger partial charge is 0.478 e. The summed E-state index contributed by atoms with van der Waals surface area (Å²) in [4.78, 5) is 21.3. The maximum Gasteiger partial charge on any atom is 0.337 e. The Balaban J connectivity index is 2.29. The Morgan fingerprint density at radius 3 is 2.23 bits per heavy atom. The van der Waals surface area contributed by atoms with Crippen molar-refractivity contribution < 1.29 is 19.4 Å². The van der Waals surface area contributed by atoms with E-state index in [0.29, 0.717) is 11.4 Å². The Bertz CT molecular complexity index is 759. The summed E-state index contributed by atoms with van der Waals surface area (Å²) in [6.45, 7) is 0.256. The highest BCUT2D eigenvalue weighted by Crippen LogP contribution is 2.28. The molecule has 0 amide bonds. The average molecular weight is 300 g/mol. The van der Waals surface area contributed by atoms with Crippen LogP contribution in [0.3, 0.4) is 0 Å². The standard InChI is InChI=1S/C14H12N4O4/c15-11-3-1-8(5-10(11)14(20)21)17-18-9-2-4-12(16)13(6-9)22-7-19/h1-7H,15-16H2,(H,20,21)/b18-17+. The zero-order valence-corrected chi connectivity index (χ0v) is 11.3. The molecular formula is C14H12N4O4. The topological polar surface area (TPSA) is 140 Å². The number of hydrogen-bond donors (Lipinski definition) is 3. The number of carbonyl (C=O) groups is 2. The van der Waals surface area contributed by atoms with Crippen LogP contribution in [0.1, 0.15) is 10.4 Å². The Kier molecular flexibility index (Phi) is 4.33. The van der Waals surface area contributed by atoms with Gasteiger partial charge in [-0.25, -0.2) is 4.79 Å². The number of benzene rings is 2. The summed E-state index contributed by atoms with van der Waals surface area (Å²) < 4.78 is 4.69. The number of nitrogens with two attached hydrogens (primary N) is 2. The molecule has 0 fully saturated rings. The van der Waals surface area contributed by atoms with E-state index in [4.69, 9.17) is 21.3 Å². The first-order valence-corrected chi connectivity index (χ1v) is 6.05. The molecular weight excluding hydrogens is 288 g/mol. The van der Waals surface area contributed by atoms with Gasteiger partial charge in [-0.1, -0.05) is 0 Å². The molecule has 0 heterocycles. The van der Waals surface area contributed by atoms with E-state index in [1.54, 1.807) is 6.07 Å². The van der Waals surface area contributed by atoms with Crippen molar-refractivity contribution in [3.63, 3.8) is 0 Å². The number of anilines is 2. The fourth-order valence-corrected chi connectivity index (χ4v) is 1.65. The Hall–Kier alpha value is -3.42. The first-order chi connectivity index (χ1) is 10.5. The number of ether oxygens (including phenoxy) is 1. The average Bonchev–Trinajstić information content (AvgIpc) is 2.49. The van der Waals surface area contributed by atoms with Crippen LogP contribution in [0.2, 0.25) is 0 Å². The number of nitrogens with zero attached hydrogens (tertiary/aromatic N) is 2. The molecule has 0 radical (unpaired) electrons. The molecule has 2 aromatic carbocycles. The van der Waals surface area contributed by atoms with Crippen LogP contribution in [0.15, 0.2) is 46.6 Å². The molecule has 0 unspecified atom stereocenters. The van der Waals surface area contributed by atoms with Crippen molar-refractivity contribution >= 4 is 35.2 Å². The molecule has 8 nitrogen and oxygen atoms in total. The second-order valence-corrected chi connectivity index (χ2v) is 4.21. The van der Waals surface area contributed by atoms with Crippen molar-refractivity contribution in [3.05, 3.63) is 42.0 Å². The number of carboxylic acid groups (broad SMARTS) is 1. The monoisotopic (exact) mass is 300 g/mol. The summed E-state index contributed by atoms with van der Waals surface area (Å²) in [5.41, 5.74) is 12.2. The molecule has 8 heteroatoms. The lowest BCUT2D eigenvalue weighted by Crippen LogP contribution is -2.01. The van der Waals surface area contributed by atoms with Gasteiger partial charge < -0.3 is 21.3 Å². The van der Waals surface area contributed by atoms with E-state index in [0.717, 1.165) is 0 Å². The van der Waals surface area contributed by atoms with E-state index >= 15 is 0 Å². The van der Waals surface area contributed by atoms with Crippen molar-refractivity contribution in [1.82, 2.24) is 0 Å². The van der Waals surface area contributed by atoms with E-state index in [9.17, 15) is 9.59 Å². The third kappa shape index (κ3) is 3.37. The van der Waals surface area contributed by atoms with Crippen LogP contribution < -0.4 is 16.2 Å². The van der Waals surface area contributed by atoms with E-state index in [2.05, 4.69) is 10.2 Å². The van der Waals surface area contributed by atoms with Crippen LogP contribution in [-0.2, 0) is 4.79 Å². The van der Waals surface area contributed by atoms with Crippen LogP contribution in [0, 0.1) is 0 Å². The zero-order chi connectivity index (χ0) is 16.1. The molecule has 2 aromatic rings. The minimum atomic E-state index is -1.15. The van der Waals surface area contributed by atoms with Gasteiger partial charge in [0.1, 0.15) is 0 Å². The summed E-state index contributed by atoms with van der Waals surface area (Å²) in [5.74, 6) is -0.987. The first-order valence-electron chi connectivity index (χ1n) is 6.05. The van der Waals surface area contributed by atoms with Crippen molar-refractivity contribution in [3.8, 4) is 5.75 Å². The molecule has 0 saturated carbocycles. The van der Waals surface area contributed by atoms with Crippen LogP contribution in [0.4, 0.5) is 22.7 Å². The molecule has 0 saturated heterocycles. The van der Waals surface area contributed by atoms with Gasteiger partial charge >= 0.3 is 5.97 Å². The van der Waals surface area contributed by atoms with Gasteiger partial charge in [0, 0.05) is 11.8 Å². The van der Waals surface area contributed by atoms with Crippen LogP contribution >= 0.6 is 0 Å². The molecule has 0 aliphatic carbocycles. The van der Waals surface area contributed by atoms with Crippen LogP contribution in [0.5, 0.6) is 5.75 Å². The Morgan fingerprint density at radius 2 is 1.64 bits per heavy atom. The quantitative estimate of drug-likeness (QED) is 0.440. The van der Waals surface area contributed by atoms with Crippen LogP contribution in [-0.4, -0.2) is 17.5 Å². The second-order valence-electron chi connectivity index (χ2n) is 4.21. The Morgan fingerprint density at radius 1 is 1.05 bits per heavy atom. The van der Waals surface area contributed by atoms with Crippen molar-refractivity contribution in [2.24, 2.45) is 10.2 Å². The Labute approximate surface area is 125 Å². The lowest BCUT2D eigenvalue weighted by atomic mass is 10.1. The van der Waals surface area contributed by atoms with Gasteiger partial charge in [-0.05, 0) is 30.3 Å². The van der Waals surface area contributed by atoms with E-state index in [-0.39, 0.29) is 29.2 Å². The highest BCUT2D eigenvalue weighted by atomic mass is 16.5. The summed E-state index contributed by atoms with van der Waals surface area (Å²) in [5, 5.41) is 16.8. The SMILES string of the molecule is Nc1ccc(/N=N/c2ccc(N)c(C(=O)O)c2)cc1OC=O. The molecule has 0 aliphatic heterocycles. The molecule has 5 N–H and O–H groups in total. The third-order valence-electron chi connectivity index (χ3n) is 2.72. The van der Waals surface area contributed by atoms with Gasteiger partial charge in [0.05, 0.1) is 22.6 Å². The molecule has 0 bridgehead atoms. The minimum Gasteiger partial charge on any atom is -0.478 e. The van der Waals surface area contributed by atoms with E-state index < -0.39 is 5.97 Å². The van der Waals surface area contributed by atoms with Gasteiger partial charge in [-0.2, -0.15) is 10.2 Å². The lowest BCUT2D eigenvalue weighted by molar-refractivity contribution is -0.120. The number of carboxylic acids is 1. The zero-order valence-electron chi connectivity index (χ0n) is 11.3. The van der Waals surface area contributed by atoms with Gasteiger partial charge in [0.25, 0.3) is 6.47 Å². The molecule has 0 atom stereocenters. The molecule has 22 heavy (non-hydrogen) atoms. The molecule has 2 rings (SSSR count). The fraction of sp³-hybridized carbons (Fsp3) is 0. The lowest BCUT2D eigenvalue weighted by Gasteiger charge is -2.03. The van der Waals surface area contributed by atoms with Crippen molar-refractivity contribution in [1.29, 1.82) is 0 Å². The van der Waals surface area contributed by atoms with Gasteiger partial charge in [0.15, 0.2) is 5.75 Å². The summed E-state index contributed by atoms with van der Waals surface area (Å²) >= 11 is 0. The number of azo groups is 1. The predicted molar refractivity (Wildman–Crippen MR) is 79.5 cm³/mol.